The van der Waals surface area contributed by atoms with Gasteiger partial charge in [-0.15, -0.1) is 0 Å². The average Bonchev–Trinajstić information content (AvgIpc) is 2.58. The van der Waals surface area contributed by atoms with Crippen LogP contribution in [0.25, 0.3) is 0 Å². The van der Waals surface area contributed by atoms with Crippen molar-refractivity contribution in [2.45, 2.75) is 25.9 Å². The lowest BCUT2D eigenvalue weighted by Crippen LogP contribution is -2.16. The van der Waals surface area contributed by atoms with Crippen LogP contribution in [0.5, 0.6) is 0 Å². The fourth-order valence-corrected chi connectivity index (χ4v) is 1.08. The Kier molecular flexibility index (Phi) is 4.08. The Balaban J connectivity index is 2.04. The van der Waals surface area contributed by atoms with E-state index in [0.29, 0.717) is 12.8 Å². The SMILES string of the molecule is CC(=O)C(=O)OCCCC1COC(=O)O1. The molecular weight excluding hydrogens is 204 g/mol. The van der Waals surface area contributed by atoms with E-state index in [0.717, 1.165) is 6.92 Å². The van der Waals surface area contributed by atoms with Crippen molar-refractivity contribution in [3.8, 4) is 0 Å². The van der Waals surface area contributed by atoms with Crippen molar-refractivity contribution in [2.75, 3.05) is 13.2 Å². The zero-order valence-electron chi connectivity index (χ0n) is 8.36. The Morgan fingerprint density at radius 1 is 1.53 bits per heavy atom. The first-order chi connectivity index (χ1) is 7.09. The van der Waals surface area contributed by atoms with Gasteiger partial charge in [0.05, 0.1) is 6.61 Å². The van der Waals surface area contributed by atoms with Crippen molar-refractivity contribution in [1.29, 1.82) is 0 Å². The summed E-state index contributed by atoms with van der Waals surface area (Å²) in [6, 6.07) is 0. The van der Waals surface area contributed by atoms with E-state index in [2.05, 4.69) is 9.47 Å². The van der Waals surface area contributed by atoms with Crippen LogP contribution >= 0.6 is 0 Å². The third-order valence-corrected chi connectivity index (χ3v) is 1.84. The molecule has 0 aromatic carbocycles. The van der Waals surface area contributed by atoms with Gasteiger partial charge in [0, 0.05) is 6.92 Å². The van der Waals surface area contributed by atoms with Crippen LogP contribution in [-0.2, 0) is 23.8 Å². The number of hydrogen-bond acceptors (Lipinski definition) is 6. The maximum absolute atomic E-state index is 10.7. The molecule has 1 aliphatic heterocycles. The number of carbonyl (C=O) groups is 3. The zero-order valence-corrected chi connectivity index (χ0v) is 8.36. The Labute approximate surface area is 86.5 Å². The molecule has 0 amide bonds. The van der Waals surface area contributed by atoms with Gasteiger partial charge in [-0.3, -0.25) is 4.79 Å². The first-order valence-corrected chi connectivity index (χ1v) is 4.60. The van der Waals surface area contributed by atoms with Crippen molar-refractivity contribution in [1.82, 2.24) is 0 Å². The molecule has 1 atom stereocenters. The van der Waals surface area contributed by atoms with E-state index in [1.165, 1.54) is 0 Å². The van der Waals surface area contributed by atoms with Crippen LogP contribution in [-0.4, -0.2) is 37.2 Å². The van der Waals surface area contributed by atoms with Gasteiger partial charge in [0.25, 0.3) is 0 Å². The maximum Gasteiger partial charge on any atom is 0.508 e. The number of hydrogen-bond donors (Lipinski definition) is 0. The monoisotopic (exact) mass is 216 g/mol. The highest BCUT2D eigenvalue weighted by atomic mass is 16.8. The molecule has 0 N–H and O–H groups in total. The highest BCUT2D eigenvalue weighted by molar-refractivity contribution is 6.32. The molecule has 6 nitrogen and oxygen atoms in total. The normalized spacial score (nSPS) is 19.3. The molecule has 1 heterocycles. The summed E-state index contributed by atoms with van der Waals surface area (Å²) in [5.41, 5.74) is 0. The van der Waals surface area contributed by atoms with Gasteiger partial charge < -0.3 is 14.2 Å². The van der Waals surface area contributed by atoms with Gasteiger partial charge >= 0.3 is 12.1 Å². The van der Waals surface area contributed by atoms with E-state index in [4.69, 9.17) is 4.74 Å². The number of ether oxygens (including phenoxy) is 3. The number of cyclic esters (lactones) is 2. The maximum atomic E-state index is 10.7. The first kappa shape index (κ1) is 11.5. The van der Waals surface area contributed by atoms with Crippen LogP contribution in [0.1, 0.15) is 19.8 Å². The summed E-state index contributed by atoms with van der Waals surface area (Å²) in [5.74, 6) is -1.46. The van der Waals surface area contributed by atoms with Gasteiger partial charge in [0.15, 0.2) is 0 Å². The molecule has 0 aliphatic carbocycles. The van der Waals surface area contributed by atoms with Crippen molar-refractivity contribution in [2.24, 2.45) is 0 Å². The Hall–Kier alpha value is -1.59. The summed E-state index contributed by atoms with van der Waals surface area (Å²) in [7, 11) is 0. The van der Waals surface area contributed by atoms with Crippen molar-refractivity contribution in [3.05, 3.63) is 0 Å². The quantitative estimate of drug-likeness (QED) is 0.377. The van der Waals surface area contributed by atoms with Gasteiger partial charge in [-0.25, -0.2) is 9.59 Å². The van der Waals surface area contributed by atoms with Crippen LogP contribution in [0, 0.1) is 0 Å². The summed E-state index contributed by atoms with van der Waals surface area (Å²) in [4.78, 5) is 31.7. The number of Topliss-reactive ketones (excluding diaryl/α,β-unsaturated/α-hetero) is 1. The van der Waals surface area contributed by atoms with E-state index in [-0.39, 0.29) is 19.3 Å². The van der Waals surface area contributed by atoms with Gasteiger partial charge in [0.2, 0.25) is 5.78 Å². The summed E-state index contributed by atoms with van der Waals surface area (Å²) < 4.78 is 13.9. The fourth-order valence-electron chi connectivity index (χ4n) is 1.08. The second kappa shape index (κ2) is 5.33. The number of rotatable bonds is 5. The van der Waals surface area contributed by atoms with Crippen LogP contribution in [0.15, 0.2) is 0 Å². The molecule has 0 saturated carbocycles. The molecule has 0 radical (unpaired) electrons. The molecule has 1 fully saturated rings. The van der Waals surface area contributed by atoms with E-state index in [1.54, 1.807) is 0 Å². The first-order valence-electron chi connectivity index (χ1n) is 4.60. The molecule has 15 heavy (non-hydrogen) atoms. The van der Waals surface area contributed by atoms with Gasteiger partial charge in [-0.1, -0.05) is 0 Å². The summed E-state index contributed by atoms with van der Waals surface area (Å²) in [6.07, 6.45) is 0.145. The van der Waals surface area contributed by atoms with Gasteiger partial charge in [-0.2, -0.15) is 0 Å². The van der Waals surface area contributed by atoms with E-state index in [9.17, 15) is 14.4 Å². The smallest absolute Gasteiger partial charge is 0.460 e. The minimum absolute atomic E-state index is 0.145. The summed E-state index contributed by atoms with van der Waals surface area (Å²) in [5, 5.41) is 0. The molecule has 0 aromatic rings. The minimum atomic E-state index is -0.838. The largest absolute Gasteiger partial charge is 0.508 e. The lowest BCUT2D eigenvalue weighted by molar-refractivity contribution is -0.153. The molecule has 0 spiro atoms. The predicted molar refractivity (Wildman–Crippen MR) is 47.1 cm³/mol. The molecule has 0 bridgehead atoms. The predicted octanol–water partition coefficient (Wildman–Crippen LogP) is 0.434. The van der Waals surface area contributed by atoms with Gasteiger partial charge in [0.1, 0.15) is 12.7 Å². The summed E-state index contributed by atoms with van der Waals surface area (Å²) in [6.45, 7) is 1.53. The van der Waals surface area contributed by atoms with Gasteiger partial charge in [-0.05, 0) is 12.8 Å². The van der Waals surface area contributed by atoms with Crippen LogP contribution in [0.3, 0.4) is 0 Å². The molecule has 1 rings (SSSR count). The van der Waals surface area contributed by atoms with Crippen molar-refractivity contribution >= 4 is 17.9 Å². The van der Waals surface area contributed by atoms with Crippen LogP contribution in [0.4, 0.5) is 4.79 Å². The molecule has 6 heteroatoms. The minimum Gasteiger partial charge on any atom is -0.460 e. The third kappa shape index (κ3) is 3.97. The van der Waals surface area contributed by atoms with Crippen LogP contribution < -0.4 is 0 Å². The topological polar surface area (TPSA) is 78.9 Å². The fraction of sp³-hybridized carbons (Fsp3) is 0.667. The van der Waals surface area contributed by atoms with Crippen LogP contribution in [0.2, 0.25) is 0 Å². The van der Waals surface area contributed by atoms with E-state index < -0.39 is 17.9 Å². The Morgan fingerprint density at radius 3 is 2.80 bits per heavy atom. The Bertz CT molecular complexity index is 272. The van der Waals surface area contributed by atoms with E-state index >= 15 is 0 Å². The average molecular weight is 216 g/mol. The van der Waals surface area contributed by atoms with Crippen molar-refractivity contribution in [3.63, 3.8) is 0 Å². The number of esters is 1. The van der Waals surface area contributed by atoms with E-state index in [1.807, 2.05) is 0 Å². The zero-order chi connectivity index (χ0) is 11.3. The number of ketones is 1. The standard InChI is InChI=1S/C9H12O6/c1-6(10)8(11)13-4-2-3-7-5-14-9(12)15-7/h7H,2-5H2,1H3. The lowest BCUT2D eigenvalue weighted by atomic mass is 10.2. The Morgan fingerprint density at radius 2 is 2.27 bits per heavy atom. The highest BCUT2D eigenvalue weighted by Crippen LogP contribution is 2.11. The van der Waals surface area contributed by atoms with Crippen molar-refractivity contribution < 1.29 is 28.6 Å². The second-order valence-corrected chi connectivity index (χ2v) is 3.14. The molecular formula is C9H12O6. The number of carbonyl (C=O) groups excluding carboxylic acids is 3. The highest BCUT2D eigenvalue weighted by Gasteiger charge is 2.24. The molecule has 1 aliphatic rings. The molecule has 84 valence electrons. The second-order valence-electron chi connectivity index (χ2n) is 3.14. The third-order valence-electron chi connectivity index (χ3n) is 1.84. The lowest BCUT2D eigenvalue weighted by Gasteiger charge is -2.05. The molecule has 1 unspecified atom stereocenters. The summed E-state index contributed by atoms with van der Waals surface area (Å²) >= 11 is 0. The molecule has 1 saturated heterocycles. The molecule has 0 aromatic heterocycles.